The number of rotatable bonds is 6. The van der Waals surface area contributed by atoms with E-state index in [1.807, 2.05) is 36.4 Å². The fraction of sp³-hybridized carbons (Fsp3) is 0.300. The molecule has 7 heteroatoms. The fourth-order valence-electron chi connectivity index (χ4n) is 2.93. The summed E-state index contributed by atoms with van der Waals surface area (Å²) in [5.41, 5.74) is 2.26. The van der Waals surface area contributed by atoms with Crippen LogP contribution in [0.4, 0.5) is 10.5 Å². The summed E-state index contributed by atoms with van der Waals surface area (Å²) in [6.07, 6.45) is -1.21. The van der Waals surface area contributed by atoms with Gasteiger partial charge in [-0.1, -0.05) is 30.3 Å². The average Bonchev–Trinajstić information content (AvgIpc) is 3.05. The molecule has 1 aliphatic rings. The Morgan fingerprint density at radius 3 is 2.81 bits per heavy atom. The number of ether oxygens (including phenoxy) is 1. The Hall–Kier alpha value is -2.92. The lowest BCUT2D eigenvalue weighted by Crippen LogP contribution is -2.45. The van der Waals surface area contributed by atoms with Crippen LogP contribution >= 0.6 is 0 Å². The predicted molar refractivity (Wildman–Crippen MR) is 101 cm³/mol. The van der Waals surface area contributed by atoms with Crippen LogP contribution in [0, 0.1) is 11.3 Å². The number of aliphatic hydroxyl groups excluding tert-OH is 1. The second-order valence-corrected chi connectivity index (χ2v) is 6.36. The highest BCUT2D eigenvalue weighted by atomic mass is 16.5. The summed E-state index contributed by atoms with van der Waals surface area (Å²) >= 11 is 0. The molecule has 3 rings (SSSR count). The highest BCUT2D eigenvalue weighted by molar-refractivity contribution is 5.89. The first-order valence-corrected chi connectivity index (χ1v) is 8.77. The van der Waals surface area contributed by atoms with Gasteiger partial charge in [0.1, 0.15) is 6.10 Å². The molecule has 4 N–H and O–H groups in total. The van der Waals surface area contributed by atoms with Crippen molar-refractivity contribution in [2.24, 2.45) is 0 Å². The molecular weight excluding hydrogens is 344 g/mol. The summed E-state index contributed by atoms with van der Waals surface area (Å²) in [4.78, 5) is 11.9. The third-order valence-corrected chi connectivity index (χ3v) is 4.40. The number of nitriles is 1. The quantitative estimate of drug-likeness (QED) is 0.621. The first-order valence-electron chi connectivity index (χ1n) is 8.77. The third kappa shape index (κ3) is 5.28. The Labute approximate surface area is 158 Å². The molecule has 1 heterocycles. The third-order valence-electron chi connectivity index (χ3n) is 4.40. The van der Waals surface area contributed by atoms with E-state index in [4.69, 9.17) is 10.00 Å². The number of nitrogens with one attached hydrogen (secondary N) is 3. The van der Waals surface area contributed by atoms with Gasteiger partial charge in [-0.15, -0.1) is 0 Å². The largest absolute Gasteiger partial charge is 0.389 e. The lowest BCUT2D eigenvalue weighted by atomic mass is 10.1. The Bertz CT molecular complexity index is 806. The molecule has 2 aromatic rings. The monoisotopic (exact) mass is 366 g/mol. The van der Waals surface area contributed by atoms with Gasteiger partial charge in [0.15, 0.2) is 0 Å². The molecule has 0 aromatic heterocycles. The van der Waals surface area contributed by atoms with Gasteiger partial charge in [-0.25, -0.2) is 4.79 Å². The van der Waals surface area contributed by atoms with Crippen molar-refractivity contribution in [3.63, 3.8) is 0 Å². The maximum atomic E-state index is 11.9. The minimum Gasteiger partial charge on any atom is -0.389 e. The number of anilines is 1. The topological polar surface area (TPSA) is 106 Å². The molecule has 140 valence electrons. The molecule has 2 amide bonds. The van der Waals surface area contributed by atoms with Crippen LogP contribution in [0.2, 0.25) is 0 Å². The van der Waals surface area contributed by atoms with Gasteiger partial charge in [-0.3, -0.25) is 0 Å². The van der Waals surface area contributed by atoms with E-state index in [-0.39, 0.29) is 18.6 Å². The number of amides is 2. The van der Waals surface area contributed by atoms with Gasteiger partial charge in [0, 0.05) is 18.8 Å². The molecule has 0 bridgehead atoms. The number of urea groups is 1. The van der Waals surface area contributed by atoms with E-state index in [9.17, 15) is 9.90 Å². The molecule has 0 unspecified atom stereocenters. The zero-order chi connectivity index (χ0) is 19.1. The Balaban J connectivity index is 1.43. The Morgan fingerprint density at radius 2 is 2.04 bits per heavy atom. The summed E-state index contributed by atoms with van der Waals surface area (Å²) in [5.74, 6) is 0. The molecule has 1 fully saturated rings. The summed E-state index contributed by atoms with van der Waals surface area (Å²) in [6, 6.07) is 18.0. The SMILES string of the molecule is N#Cc1cccc(CN[C@@H]2CO[C@H](CNC(=O)Nc3ccccc3)[C@H]2O)c1. The fourth-order valence-corrected chi connectivity index (χ4v) is 2.93. The molecule has 0 spiro atoms. The lowest BCUT2D eigenvalue weighted by molar-refractivity contribution is 0.0428. The van der Waals surface area contributed by atoms with Crippen LogP contribution in [0.1, 0.15) is 11.1 Å². The van der Waals surface area contributed by atoms with Crippen molar-refractivity contribution in [1.82, 2.24) is 10.6 Å². The van der Waals surface area contributed by atoms with E-state index in [1.54, 1.807) is 18.2 Å². The summed E-state index contributed by atoms with van der Waals surface area (Å²) < 4.78 is 5.60. The first-order chi connectivity index (χ1) is 13.2. The van der Waals surface area contributed by atoms with Gasteiger partial charge >= 0.3 is 6.03 Å². The van der Waals surface area contributed by atoms with E-state index in [1.165, 1.54) is 0 Å². The summed E-state index contributed by atoms with van der Waals surface area (Å²) in [6.45, 7) is 1.09. The number of carbonyl (C=O) groups excluding carboxylic acids is 1. The molecule has 1 aliphatic heterocycles. The molecule has 0 saturated carbocycles. The Morgan fingerprint density at radius 1 is 1.22 bits per heavy atom. The van der Waals surface area contributed by atoms with Gasteiger partial charge in [-0.05, 0) is 29.8 Å². The van der Waals surface area contributed by atoms with Gasteiger partial charge in [0.25, 0.3) is 0 Å². The van der Waals surface area contributed by atoms with Crippen molar-refractivity contribution in [2.75, 3.05) is 18.5 Å². The van der Waals surface area contributed by atoms with Crippen LogP contribution in [0.25, 0.3) is 0 Å². The van der Waals surface area contributed by atoms with Crippen molar-refractivity contribution in [2.45, 2.75) is 24.8 Å². The molecule has 0 radical (unpaired) electrons. The van der Waals surface area contributed by atoms with Crippen molar-refractivity contribution >= 4 is 11.7 Å². The van der Waals surface area contributed by atoms with E-state index >= 15 is 0 Å². The molecule has 1 saturated heterocycles. The second kappa shape index (κ2) is 9.14. The molecule has 7 nitrogen and oxygen atoms in total. The number of hydrogen-bond acceptors (Lipinski definition) is 5. The Kier molecular flexibility index (Phi) is 6.39. The predicted octanol–water partition coefficient (Wildman–Crippen LogP) is 1.60. The normalized spacial score (nSPS) is 21.4. The smallest absolute Gasteiger partial charge is 0.319 e. The number of para-hydroxylation sites is 1. The minimum atomic E-state index is -0.735. The van der Waals surface area contributed by atoms with E-state index in [0.717, 1.165) is 5.56 Å². The highest BCUT2D eigenvalue weighted by Gasteiger charge is 2.35. The highest BCUT2D eigenvalue weighted by Crippen LogP contribution is 2.15. The van der Waals surface area contributed by atoms with Crippen LogP contribution in [0.3, 0.4) is 0 Å². The van der Waals surface area contributed by atoms with Crippen LogP contribution in [0.15, 0.2) is 54.6 Å². The van der Waals surface area contributed by atoms with Gasteiger partial charge in [-0.2, -0.15) is 5.26 Å². The first kappa shape index (κ1) is 18.9. The number of nitrogens with zero attached hydrogens (tertiary/aromatic N) is 1. The standard InChI is InChI=1S/C20H22N4O3/c21-10-14-5-4-6-15(9-14)11-22-17-13-27-18(19(17)25)12-23-20(26)24-16-7-2-1-3-8-16/h1-9,17-19,22,25H,11-13H2,(H2,23,24,26)/t17-,18-,19+/m1/s1. The summed E-state index contributed by atoms with van der Waals surface area (Å²) in [5, 5.41) is 28.0. The van der Waals surface area contributed by atoms with E-state index in [2.05, 4.69) is 22.0 Å². The molecular formula is C20H22N4O3. The zero-order valence-corrected chi connectivity index (χ0v) is 14.8. The number of carbonyl (C=O) groups is 1. The molecule has 0 aliphatic carbocycles. The minimum absolute atomic E-state index is 0.210. The van der Waals surface area contributed by atoms with Gasteiger partial charge < -0.3 is 25.8 Å². The van der Waals surface area contributed by atoms with Crippen LogP contribution < -0.4 is 16.0 Å². The second-order valence-electron chi connectivity index (χ2n) is 6.36. The van der Waals surface area contributed by atoms with Gasteiger partial charge in [0.05, 0.1) is 30.4 Å². The number of aliphatic hydroxyl groups is 1. The van der Waals surface area contributed by atoms with Crippen LogP contribution in [-0.2, 0) is 11.3 Å². The average molecular weight is 366 g/mol. The van der Waals surface area contributed by atoms with Crippen LogP contribution in [-0.4, -0.2) is 42.5 Å². The number of hydrogen-bond donors (Lipinski definition) is 4. The van der Waals surface area contributed by atoms with Crippen molar-refractivity contribution in [3.05, 3.63) is 65.7 Å². The summed E-state index contributed by atoms with van der Waals surface area (Å²) in [7, 11) is 0. The lowest BCUT2D eigenvalue weighted by Gasteiger charge is -2.19. The van der Waals surface area contributed by atoms with Crippen molar-refractivity contribution in [1.29, 1.82) is 5.26 Å². The molecule has 3 atom stereocenters. The van der Waals surface area contributed by atoms with Gasteiger partial charge in [0.2, 0.25) is 0 Å². The zero-order valence-electron chi connectivity index (χ0n) is 14.8. The molecule has 27 heavy (non-hydrogen) atoms. The van der Waals surface area contributed by atoms with Crippen molar-refractivity contribution < 1.29 is 14.6 Å². The van der Waals surface area contributed by atoms with Crippen molar-refractivity contribution in [3.8, 4) is 6.07 Å². The number of benzene rings is 2. The maximum absolute atomic E-state index is 11.9. The van der Waals surface area contributed by atoms with E-state index in [0.29, 0.717) is 24.4 Å². The maximum Gasteiger partial charge on any atom is 0.319 e. The van der Waals surface area contributed by atoms with E-state index < -0.39 is 12.2 Å². The van der Waals surface area contributed by atoms with Crippen LogP contribution in [0.5, 0.6) is 0 Å². The molecule has 2 aromatic carbocycles.